The molecule has 2 heterocycles. The lowest BCUT2D eigenvalue weighted by Crippen LogP contribution is -2.11. The fourth-order valence-electron chi connectivity index (χ4n) is 5.53. The smallest absolute Gasteiger partial charge is 0.136 e. The zero-order valence-corrected chi connectivity index (χ0v) is 21.8. The summed E-state index contributed by atoms with van der Waals surface area (Å²) in [4.78, 5) is 2.22. The van der Waals surface area contributed by atoms with Crippen LogP contribution >= 0.6 is 0 Å². The highest BCUT2D eigenvalue weighted by Gasteiger charge is 2.17. The maximum absolute atomic E-state index is 6.30. The molecule has 1 aliphatic heterocycles. The normalized spacial score (nSPS) is 14.7. The third-order valence-corrected chi connectivity index (χ3v) is 7.44. The Hall–Kier alpha value is -5.08. The number of fused-ring (bicyclic) bond motifs is 4. The first kappa shape index (κ1) is 23.1. The van der Waals surface area contributed by atoms with Crippen LogP contribution in [0.3, 0.4) is 0 Å². The Morgan fingerprint density at radius 1 is 0.641 bits per heavy atom. The molecular formula is C37H27NO. The van der Waals surface area contributed by atoms with Crippen molar-refractivity contribution in [2.45, 2.75) is 6.92 Å². The number of aryl methyl sites for hydroxylation is 1. The van der Waals surface area contributed by atoms with Gasteiger partial charge in [0, 0.05) is 28.2 Å². The van der Waals surface area contributed by atoms with E-state index in [0.717, 1.165) is 55.6 Å². The van der Waals surface area contributed by atoms with E-state index in [1.54, 1.807) is 0 Å². The zero-order valence-electron chi connectivity index (χ0n) is 21.8. The van der Waals surface area contributed by atoms with Gasteiger partial charge in [-0.1, -0.05) is 91.0 Å². The number of hydrogen-bond acceptors (Lipinski definition) is 2. The molecule has 0 N–H and O–H groups in total. The average molecular weight is 502 g/mol. The molecule has 7 rings (SSSR count). The first-order valence-electron chi connectivity index (χ1n) is 13.2. The second kappa shape index (κ2) is 9.34. The second-order valence-corrected chi connectivity index (χ2v) is 10.0. The average Bonchev–Trinajstić information content (AvgIpc) is 3.34. The topological polar surface area (TPSA) is 16.4 Å². The van der Waals surface area contributed by atoms with E-state index in [1.807, 2.05) is 12.1 Å². The predicted molar refractivity (Wildman–Crippen MR) is 165 cm³/mol. The fraction of sp³-hybridized carbons (Fsp3) is 0.0270. The van der Waals surface area contributed by atoms with Gasteiger partial charge in [-0.15, -0.1) is 0 Å². The van der Waals surface area contributed by atoms with E-state index in [-0.39, 0.29) is 0 Å². The number of hydrogen-bond donors (Lipinski definition) is 0. The summed E-state index contributed by atoms with van der Waals surface area (Å²) in [6.45, 7) is 6.52. The third-order valence-electron chi connectivity index (χ3n) is 7.44. The Labute approximate surface area is 228 Å². The van der Waals surface area contributed by atoms with Crippen molar-refractivity contribution in [2.75, 3.05) is 4.90 Å². The third kappa shape index (κ3) is 4.07. The van der Waals surface area contributed by atoms with Gasteiger partial charge in [-0.05, 0) is 83.3 Å². The molecule has 0 bridgehead atoms. The lowest BCUT2D eigenvalue weighted by molar-refractivity contribution is 0.669. The molecule has 6 aromatic rings. The van der Waals surface area contributed by atoms with E-state index in [4.69, 9.17) is 4.42 Å². The van der Waals surface area contributed by atoms with Gasteiger partial charge in [-0.25, -0.2) is 0 Å². The van der Waals surface area contributed by atoms with Crippen molar-refractivity contribution in [1.29, 1.82) is 0 Å². The van der Waals surface area contributed by atoms with Crippen molar-refractivity contribution in [2.24, 2.45) is 0 Å². The Bertz CT molecular complexity index is 1940. The maximum atomic E-state index is 6.30. The van der Waals surface area contributed by atoms with E-state index in [0.29, 0.717) is 0 Å². The molecule has 1 aromatic heterocycles. The molecule has 0 unspecified atom stereocenters. The van der Waals surface area contributed by atoms with Crippen LogP contribution in [0.25, 0.3) is 49.8 Å². The number of benzene rings is 5. The standard InChI is InChI=1S/C37H27NO/c1-25-10-8-12-29(22-25)31-15-9-16-36-37(31)33-24-28(18-20-35(33)39-36)27-17-19-34-32(23-27)26(2)11-6-7-21-38(34)30-13-4-3-5-14-30/h3-24H,2H2,1H3/b11-6-,21-7-. The van der Waals surface area contributed by atoms with E-state index < -0.39 is 0 Å². The number of para-hydroxylation sites is 1. The summed E-state index contributed by atoms with van der Waals surface area (Å²) in [7, 11) is 0. The van der Waals surface area contributed by atoms with E-state index in [1.165, 1.54) is 16.7 Å². The minimum absolute atomic E-state index is 0.896. The summed E-state index contributed by atoms with van der Waals surface area (Å²) >= 11 is 0. The summed E-state index contributed by atoms with van der Waals surface area (Å²) in [6, 6.07) is 38.5. The van der Waals surface area contributed by atoms with Crippen molar-refractivity contribution >= 4 is 38.9 Å². The van der Waals surface area contributed by atoms with E-state index in [9.17, 15) is 0 Å². The highest BCUT2D eigenvalue weighted by molar-refractivity contribution is 6.13. The van der Waals surface area contributed by atoms with Gasteiger partial charge in [0.25, 0.3) is 0 Å². The molecule has 0 spiro atoms. The van der Waals surface area contributed by atoms with Crippen molar-refractivity contribution in [3.63, 3.8) is 0 Å². The van der Waals surface area contributed by atoms with Gasteiger partial charge in [0.1, 0.15) is 11.2 Å². The Kier molecular flexibility index (Phi) is 5.53. The molecule has 2 nitrogen and oxygen atoms in total. The summed E-state index contributed by atoms with van der Waals surface area (Å²) in [5, 5.41) is 2.28. The molecule has 2 heteroatoms. The molecule has 0 saturated heterocycles. The SMILES string of the molecule is C=C1/C=C\C=C/N(c2ccccc2)c2ccc(-c3ccc4oc5cccc(-c6cccc(C)c6)c5c4c3)cc21. The van der Waals surface area contributed by atoms with E-state index in [2.05, 4.69) is 140 Å². The van der Waals surface area contributed by atoms with Gasteiger partial charge < -0.3 is 9.32 Å². The van der Waals surface area contributed by atoms with Crippen LogP contribution < -0.4 is 4.90 Å². The van der Waals surface area contributed by atoms with Crippen LogP contribution in [0.4, 0.5) is 11.4 Å². The molecular weight excluding hydrogens is 474 g/mol. The molecule has 1 aliphatic rings. The van der Waals surface area contributed by atoms with Crippen LogP contribution in [-0.4, -0.2) is 0 Å². The fourth-order valence-corrected chi connectivity index (χ4v) is 5.53. The Morgan fingerprint density at radius 3 is 2.33 bits per heavy atom. The van der Waals surface area contributed by atoms with Crippen molar-refractivity contribution in [3.8, 4) is 22.3 Å². The molecule has 186 valence electrons. The molecule has 0 fully saturated rings. The first-order chi connectivity index (χ1) is 19.2. The summed E-state index contributed by atoms with van der Waals surface area (Å²) in [6.07, 6.45) is 8.28. The molecule has 0 radical (unpaired) electrons. The van der Waals surface area contributed by atoms with Gasteiger partial charge in [0.2, 0.25) is 0 Å². The van der Waals surface area contributed by atoms with Gasteiger partial charge in [0.05, 0.1) is 5.69 Å². The lowest BCUT2D eigenvalue weighted by Gasteiger charge is -2.25. The molecule has 0 atom stereocenters. The first-order valence-corrected chi connectivity index (χ1v) is 13.2. The number of nitrogens with zero attached hydrogens (tertiary/aromatic N) is 1. The monoisotopic (exact) mass is 501 g/mol. The molecule has 0 aliphatic carbocycles. The number of furan rings is 1. The zero-order chi connectivity index (χ0) is 26.3. The van der Waals surface area contributed by atoms with Crippen LogP contribution in [0, 0.1) is 6.92 Å². The van der Waals surface area contributed by atoms with Gasteiger partial charge in [0.15, 0.2) is 0 Å². The van der Waals surface area contributed by atoms with Crippen LogP contribution in [0.2, 0.25) is 0 Å². The highest BCUT2D eigenvalue weighted by atomic mass is 16.3. The number of rotatable bonds is 3. The summed E-state index contributed by atoms with van der Waals surface area (Å²) in [5.74, 6) is 0. The van der Waals surface area contributed by atoms with Gasteiger partial charge >= 0.3 is 0 Å². The summed E-state index contributed by atoms with van der Waals surface area (Å²) < 4.78 is 6.30. The number of anilines is 2. The minimum atomic E-state index is 0.896. The van der Waals surface area contributed by atoms with Crippen molar-refractivity contribution < 1.29 is 4.42 Å². The Morgan fingerprint density at radius 2 is 1.46 bits per heavy atom. The van der Waals surface area contributed by atoms with Crippen LogP contribution in [0.1, 0.15) is 11.1 Å². The van der Waals surface area contributed by atoms with Crippen LogP contribution in [-0.2, 0) is 0 Å². The molecule has 39 heavy (non-hydrogen) atoms. The Balaban J connectivity index is 1.39. The minimum Gasteiger partial charge on any atom is -0.456 e. The molecule has 0 saturated carbocycles. The summed E-state index contributed by atoms with van der Waals surface area (Å²) in [5.41, 5.74) is 12.0. The maximum Gasteiger partial charge on any atom is 0.136 e. The van der Waals surface area contributed by atoms with Crippen molar-refractivity contribution in [3.05, 3.63) is 151 Å². The van der Waals surface area contributed by atoms with Crippen molar-refractivity contribution in [1.82, 2.24) is 0 Å². The predicted octanol–water partition coefficient (Wildman–Crippen LogP) is 10.5. The lowest BCUT2D eigenvalue weighted by atomic mass is 9.94. The number of allylic oxidation sites excluding steroid dienone is 4. The molecule has 5 aromatic carbocycles. The van der Waals surface area contributed by atoms with Gasteiger partial charge in [-0.2, -0.15) is 0 Å². The van der Waals surface area contributed by atoms with Gasteiger partial charge in [-0.3, -0.25) is 0 Å². The highest BCUT2D eigenvalue weighted by Crippen LogP contribution is 2.41. The quantitative estimate of drug-likeness (QED) is 0.240. The van der Waals surface area contributed by atoms with Crippen LogP contribution in [0.5, 0.6) is 0 Å². The largest absolute Gasteiger partial charge is 0.456 e. The van der Waals surface area contributed by atoms with E-state index >= 15 is 0 Å². The second-order valence-electron chi connectivity index (χ2n) is 10.0. The van der Waals surface area contributed by atoms with Crippen LogP contribution in [0.15, 0.2) is 145 Å². The molecule has 0 amide bonds.